The van der Waals surface area contributed by atoms with E-state index in [0.29, 0.717) is 24.9 Å². The predicted molar refractivity (Wildman–Crippen MR) is 60.5 cm³/mol. The van der Waals surface area contributed by atoms with E-state index < -0.39 is 5.60 Å². The van der Waals surface area contributed by atoms with Crippen molar-refractivity contribution in [1.29, 1.82) is 0 Å². The predicted octanol–water partition coefficient (Wildman–Crippen LogP) is 1.00. The number of nitrogens with one attached hydrogen (secondary N) is 1. The molecule has 1 aliphatic rings. The molecule has 1 unspecified atom stereocenters. The van der Waals surface area contributed by atoms with Gasteiger partial charge in [0.2, 0.25) is 11.7 Å². The number of methoxy groups -OCH3 is 1. The minimum absolute atomic E-state index is 0.0463. The van der Waals surface area contributed by atoms with E-state index in [-0.39, 0.29) is 6.04 Å². The molecule has 0 bridgehead atoms. The zero-order valence-electron chi connectivity index (χ0n) is 10.5. The molecule has 0 amide bonds. The van der Waals surface area contributed by atoms with Crippen LogP contribution in [0, 0.1) is 0 Å². The van der Waals surface area contributed by atoms with Gasteiger partial charge in [0, 0.05) is 33.2 Å². The van der Waals surface area contributed by atoms with Gasteiger partial charge in [0.1, 0.15) is 5.60 Å². The van der Waals surface area contributed by atoms with Gasteiger partial charge in [0.15, 0.2) is 0 Å². The molecule has 0 spiro atoms. The Morgan fingerprint density at radius 3 is 2.71 bits per heavy atom. The van der Waals surface area contributed by atoms with Crippen molar-refractivity contribution in [2.45, 2.75) is 31.4 Å². The Hall–Kier alpha value is -0.980. The van der Waals surface area contributed by atoms with Crippen molar-refractivity contribution in [2.75, 3.05) is 27.4 Å². The van der Waals surface area contributed by atoms with Crippen LogP contribution in [0.2, 0.25) is 0 Å². The molecule has 2 heterocycles. The highest BCUT2D eigenvalue weighted by Crippen LogP contribution is 2.33. The van der Waals surface area contributed by atoms with E-state index in [9.17, 15) is 0 Å². The number of nitrogens with zero attached hydrogens (tertiary/aromatic N) is 2. The molecule has 17 heavy (non-hydrogen) atoms. The Balaban J connectivity index is 2.22. The fourth-order valence-electron chi connectivity index (χ4n) is 1.94. The van der Waals surface area contributed by atoms with Crippen molar-refractivity contribution < 1.29 is 14.0 Å². The summed E-state index contributed by atoms with van der Waals surface area (Å²) >= 11 is 0. The van der Waals surface area contributed by atoms with Crippen molar-refractivity contribution in [1.82, 2.24) is 15.5 Å². The molecule has 6 heteroatoms. The van der Waals surface area contributed by atoms with Gasteiger partial charge in [-0.2, -0.15) is 4.98 Å². The van der Waals surface area contributed by atoms with Gasteiger partial charge < -0.3 is 19.3 Å². The van der Waals surface area contributed by atoms with E-state index in [0.717, 1.165) is 12.8 Å². The van der Waals surface area contributed by atoms with Gasteiger partial charge in [-0.3, -0.25) is 0 Å². The van der Waals surface area contributed by atoms with Crippen LogP contribution in [0.15, 0.2) is 4.52 Å². The van der Waals surface area contributed by atoms with Crippen LogP contribution in [-0.4, -0.2) is 37.5 Å². The molecule has 2 rings (SSSR count). The van der Waals surface area contributed by atoms with Crippen molar-refractivity contribution in [2.24, 2.45) is 0 Å². The fourth-order valence-corrected chi connectivity index (χ4v) is 1.94. The molecule has 1 aromatic rings. The second kappa shape index (κ2) is 5.12. The summed E-state index contributed by atoms with van der Waals surface area (Å²) in [5.74, 6) is 1.21. The Bertz CT molecular complexity index is 361. The molecular formula is C11H19N3O3. The zero-order valence-corrected chi connectivity index (χ0v) is 10.5. The van der Waals surface area contributed by atoms with Crippen molar-refractivity contribution in [3.05, 3.63) is 11.7 Å². The molecule has 96 valence electrons. The third-order valence-corrected chi connectivity index (χ3v) is 3.34. The van der Waals surface area contributed by atoms with E-state index in [4.69, 9.17) is 14.0 Å². The molecule has 0 aromatic carbocycles. The van der Waals surface area contributed by atoms with Crippen LogP contribution in [0.25, 0.3) is 0 Å². The molecule has 0 radical (unpaired) electrons. The summed E-state index contributed by atoms with van der Waals surface area (Å²) in [5, 5.41) is 7.11. The van der Waals surface area contributed by atoms with Gasteiger partial charge in [-0.25, -0.2) is 0 Å². The average Bonchev–Trinajstić information content (AvgIpc) is 2.88. The lowest BCUT2D eigenvalue weighted by molar-refractivity contribution is -0.101. The molecule has 1 fully saturated rings. The number of hydrogen-bond donors (Lipinski definition) is 1. The van der Waals surface area contributed by atoms with Gasteiger partial charge >= 0.3 is 0 Å². The van der Waals surface area contributed by atoms with Crippen molar-refractivity contribution >= 4 is 0 Å². The largest absolute Gasteiger partial charge is 0.381 e. The second-order valence-electron chi connectivity index (χ2n) is 4.28. The first-order chi connectivity index (χ1) is 8.22. The SMILES string of the molecule is CNC(C)c1nc(C2(OC)CCOCC2)no1. The standard InChI is InChI=1S/C11H19N3O3/c1-8(12-2)9-13-10(14-17-9)11(15-3)4-6-16-7-5-11/h8,12H,4-7H2,1-3H3. The van der Waals surface area contributed by atoms with Crippen LogP contribution < -0.4 is 5.32 Å². The lowest BCUT2D eigenvalue weighted by Crippen LogP contribution is -2.36. The molecule has 1 saturated heterocycles. The summed E-state index contributed by atoms with van der Waals surface area (Å²) in [6.45, 7) is 3.30. The van der Waals surface area contributed by atoms with E-state index in [2.05, 4.69) is 15.5 Å². The first kappa shape index (κ1) is 12.5. The molecule has 1 aromatic heterocycles. The van der Waals surface area contributed by atoms with Crippen LogP contribution in [0.1, 0.15) is 37.5 Å². The van der Waals surface area contributed by atoms with Crippen LogP contribution in [0.3, 0.4) is 0 Å². The smallest absolute Gasteiger partial charge is 0.243 e. The number of aromatic nitrogens is 2. The Morgan fingerprint density at radius 1 is 1.41 bits per heavy atom. The highest BCUT2D eigenvalue weighted by atomic mass is 16.5. The summed E-state index contributed by atoms with van der Waals surface area (Å²) in [7, 11) is 3.54. The topological polar surface area (TPSA) is 69.4 Å². The van der Waals surface area contributed by atoms with E-state index in [1.807, 2.05) is 14.0 Å². The highest BCUT2D eigenvalue weighted by Gasteiger charge is 2.39. The van der Waals surface area contributed by atoms with Crippen LogP contribution in [-0.2, 0) is 15.1 Å². The van der Waals surface area contributed by atoms with Crippen molar-refractivity contribution in [3.63, 3.8) is 0 Å². The maximum atomic E-state index is 5.61. The first-order valence-electron chi connectivity index (χ1n) is 5.86. The van der Waals surface area contributed by atoms with Gasteiger partial charge in [0.05, 0.1) is 6.04 Å². The van der Waals surface area contributed by atoms with Gasteiger partial charge in [-0.1, -0.05) is 5.16 Å². The Labute approximate surface area is 101 Å². The fraction of sp³-hybridized carbons (Fsp3) is 0.818. The normalized spacial score (nSPS) is 21.4. The van der Waals surface area contributed by atoms with Crippen LogP contribution in [0.4, 0.5) is 0 Å². The molecule has 1 aliphatic heterocycles. The van der Waals surface area contributed by atoms with Crippen LogP contribution in [0.5, 0.6) is 0 Å². The first-order valence-corrected chi connectivity index (χ1v) is 5.86. The maximum absolute atomic E-state index is 5.61. The highest BCUT2D eigenvalue weighted by molar-refractivity contribution is 5.04. The van der Waals surface area contributed by atoms with E-state index in [1.165, 1.54) is 0 Å². The summed E-state index contributed by atoms with van der Waals surface area (Å²) < 4.78 is 16.2. The molecular weight excluding hydrogens is 222 g/mol. The minimum Gasteiger partial charge on any atom is -0.381 e. The average molecular weight is 241 g/mol. The number of rotatable bonds is 4. The lowest BCUT2D eigenvalue weighted by Gasteiger charge is -2.32. The summed E-state index contributed by atoms with van der Waals surface area (Å²) in [6.07, 6.45) is 1.52. The van der Waals surface area contributed by atoms with Gasteiger partial charge in [-0.05, 0) is 14.0 Å². The number of ether oxygens (including phenoxy) is 2. The Kier molecular flexibility index (Phi) is 3.76. The van der Waals surface area contributed by atoms with Crippen molar-refractivity contribution in [3.8, 4) is 0 Å². The second-order valence-corrected chi connectivity index (χ2v) is 4.28. The Morgan fingerprint density at radius 2 is 2.12 bits per heavy atom. The molecule has 6 nitrogen and oxygen atoms in total. The monoisotopic (exact) mass is 241 g/mol. The van der Waals surface area contributed by atoms with Crippen LogP contribution >= 0.6 is 0 Å². The summed E-state index contributed by atoms with van der Waals surface area (Å²) in [5.41, 5.74) is -0.451. The quantitative estimate of drug-likeness (QED) is 0.848. The minimum atomic E-state index is -0.451. The third kappa shape index (κ3) is 2.34. The summed E-state index contributed by atoms with van der Waals surface area (Å²) in [4.78, 5) is 4.43. The van der Waals surface area contributed by atoms with Gasteiger partial charge in [0.25, 0.3) is 0 Å². The lowest BCUT2D eigenvalue weighted by atomic mass is 9.93. The maximum Gasteiger partial charge on any atom is 0.243 e. The third-order valence-electron chi connectivity index (χ3n) is 3.34. The molecule has 1 N–H and O–H groups in total. The summed E-state index contributed by atoms with van der Waals surface area (Å²) in [6, 6.07) is 0.0463. The van der Waals surface area contributed by atoms with E-state index in [1.54, 1.807) is 7.11 Å². The van der Waals surface area contributed by atoms with Gasteiger partial charge in [-0.15, -0.1) is 0 Å². The van der Waals surface area contributed by atoms with E-state index >= 15 is 0 Å². The number of hydrogen-bond acceptors (Lipinski definition) is 6. The zero-order chi connectivity index (χ0) is 12.3. The molecule has 0 saturated carbocycles. The molecule has 0 aliphatic carbocycles. The molecule has 1 atom stereocenters.